The molecule has 2 rings (SSSR count). The molecule has 22 heavy (non-hydrogen) atoms. The van der Waals surface area contributed by atoms with Crippen molar-refractivity contribution in [2.24, 2.45) is 0 Å². The van der Waals surface area contributed by atoms with Crippen molar-refractivity contribution in [2.45, 2.75) is 25.1 Å². The maximum atomic E-state index is 12.3. The zero-order chi connectivity index (χ0) is 15.9. The first-order valence-corrected chi connectivity index (χ1v) is 8.59. The zero-order valence-corrected chi connectivity index (χ0v) is 13.7. The summed E-state index contributed by atoms with van der Waals surface area (Å²) >= 11 is 1.64. The maximum Gasteiger partial charge on any atom is 0.287 e. The van der Waals surface area contributed by atoms with Crippen LogP contribution < -0.4 is 5.32 Å². The Kier molecular flexibility index (Phi) is 6.10. The number of hydrogen-bond donors (Lipinski definition) is 2. The summed E-state index contributed by atoms with van der Waals surface area (Å²) in [6, 6.07) is 11.2. The van der Waals surface area contributed by atoms with Crippen LogP contribution in [-0.2, 0) is 5.75 Å². The van der Waals surface area contributed by atoms with Crippen LogP contribution in [0.2, 0.25) is 0 Å². The second kappa shape index (κ2) is 8.06. The van der Waals surface area contributed by atoms with E-state index in [1.807, 2.05) is 43.5 Å². The molecule has 2 aromatic rings. The minimum atomic E-state index is -0.258. The third-order valence-corrected chi connectivity index (χ3v) is 3.95. The number of hydrogen-bond acceptors (Lipinski definition) is 4. The van der Waals surface area contributed by atoms with Crippen molar-refractivity contribution >= 4 is 17.7 Å². The highest BCUT2D eigenvalue weighted by atomic mass is 32.2. The maximum absolute atomic E-state index is 12.3. The Labute approximate surface area is 134 Å². The summed E-state index contributed by atoms with van der Waals surface area (Å²) in [6.07, 6.45) is 2.45. The second-order valence-electron chi connectivity index (χ2n) is 5.15. The van der Waals surface area contributed by atoms with E-state index in [1.165, 1.54) is 0 Å². The molecule has 1 unspecified atom stereocenters. The number of aliphatic hydroxyl groups is 1. The van der Waals surface area contributed by atoms with Crippen LogP contribution >= 0.6 is 11.8 Å². The van der Waals surface area contributed by atoms with Gasteiger partial charge < -0.3 is 14.8 Å². The molecule has 1 heterocycles. The number of aliphatic hydroxyl groups excluding tert-OH is 1. The SMILES string of the molecule is CSCc1ccc(C(=O)NC(CCO)c2ccc(C)cc2)o1. The van der Waals surface area contributed by atoms with E-state index in [1.54, 1.807) is 17.8 Å². The van der Waals surface area contributed by atoms with Crippen molar-refractivity contribution in [1.29, 1.82) is 0 Å². The lowest BCUT2D eigenvalue weighted by molar-refractivity contribution is 0.0900. The number of rotatable bonds is 7. The van der Waals surface area contributed by atoms with E-state index in [0.29, 0.717) is 12.2 Å². The average molecular weight is 319 g/mol. The van der Waals surface area contributed by atoms with Crippen LogP contribution in [0.15, 0.2) is 40.8 Å². The van der Waals surface area contributed by atoms with E-state index >= 15 is 0 Å². The first-order valence-electron chi connectivity index (χ1n) is 7.20. The first-order chi connectivity index (χ1) is 10.6. The number of carbonyl (C=O) groups is 1. The third kappa shape index (κ3) is 4.39. The van der Waals surface area contributed by atoms with Crippen LogP contribution in [-0.4, -0.2) is 23.9 Å². The van der Waals surface area contributed by atoms with Gasteiger partial charge in [0.2, 0.25) is 0 Å². The van der Waals surface area contributed by atoms with Gasteiger partial charge in [0.15, 0.2) is 5.76 Å². The Hall–Kier alpha value is -1.72. The lowest BCUT2D eigenvalue weighted by Gasteiger charge is -2.17. The van der Waals surface area contributed by atoms with E-state index in [4.69, 9.17) is 4.42 Å². The fraction of sp³-hybridized carbons (Fsp3) is 0.353. The van der Waals surface area contributed by atoms with Gasteiger partial charge in [-0.1, -0.05) is 29.8 Å². The van der Waals surface area contributed by atoms with Gasteiger partial charge in [-0.05, 0) is 37.3 Å². The molecule has 0 bridgehead atoms. The minimum absolute atomic E-state index is 0.00863. The van der Waals surface area contributed by atoms with Crippen LogP contribution in [0.1, 0.15) is 39.9 Å². The fourth-order valence-electron chi connectivity index (χ4n) is 2.20. The fourth-order valence-corrected chi connectivity index (χ4v) is 2.64. The van der Waals surface area contributed by atoms with Crippen molar-refractivity contribution in [2.75, 3.05) is 12.9 Å². The molecule has 0 saturated carbocycles. The van der Waals surface area contributed by atoms with Gasteiger partial charge in [0.25, 0.3) is 5.91 Å². The van der Waals surface area contributed by atoms with E-state index < -0.39 is 0 Å². The minimum Gasteiger partial charge on any atom is -0.455 e. The summed E-state index contributed by atoms with van der Waals surface area (Å²) in [6.45, 7) is 2.02. The van der Waals surface area contributed by atoms with Gasteiger partial charge in [-0.3, -0.25) is 4.79 Å². The van der Waals surface area contributed by atoms with Crippen LogP contribution in [0.25, 0.3) is 0 Å². The quantitative estimate of drug-likeness (QED) is 0.822. The van der Waals surface area contributed by atoms with Crippen molar-refractivity contribution in [3.63, 3.8) is 0 Å². The van der Waals surface area contributed by atoms with Crippen molar-refractivity contribution < 1.29 is 14.3 Å². The monoisotopic (exact) mass is 319 g/mol. The Morgan fingerprint density at radius 1 is 1.27 bits per heavy atom. The number of amides is 1. The van der Waals surface area contributed by atoms with Crippen molar-refractivity contribution in [3.8, 4) is 0 Å². The van der Waals surface area contributed by atoms with Gasteiger partial charge in [-0.25, -0.2) is 0 Å². The van der Waals surface area contributed by atoms with E-state index in [0.717, 1.165) is 22.6 Å². The van der Waals surface area contributed by atoms with E-state index in [-0.39, 0.29) is 18.6 Å². The number of thioether (sulfide) groups is 1. The highest BCUT2D eigenvalue weighted by Gasteiger charge is 2.17. The molecule has 0 aliphatic carbocycles. The average Bonchev–Trinajstić information content (AvgIpc) is 2.97. The van der Waals surface area contributed by atoms with Gasteiger partial charge in [0.1, 0.15) is 5.76 Å². The molecule has 2 N–H and O–H groups in total. The van der Waals surface area contributed by atoms with Gasteiger partial charge in [-0.15, -0.1) is 0 Å². The van der Waals surface area contributed by atoms with Gasteiger partial charge >= 0.3 is 0 Å². The smallest absolute Gasteiger partial charge is 0.287 e. The molecule has 0 fully saturated rings. The molecule has 0 radical (unpaired) electrons. The Balaban J connectivity index is 2.09. The van der Waals surface area contributed by atoms with Crippen LogP contribution in [0.4, 0.5) is 0 Å². The summed E-state index contributed by atoms with van der Waals surface area (Å²) in [5.41, 5.74) is 2.13. The molecule has 1 atom stereocenters. The highest BCUT2D eigenvalue weighted by molar-refractivity contribution is 7.97. The number of furan rings is 1. The van der Waals surface area contributed by atoms with Crippen molar-refractivity contribution in [1.82, 2.24) is 5.32 Å². The zero-order valence-electron chi connectivity index (χ0n) is 12.8. The molecular formula is C17H21NO3S. The molecular weight excluding hydrogens is 298 g/mol. The van der Waals surface area contributed by atoms with Gasteiger partial charge in [-0.2, -0.15) is 11.8 Å². The predicted octanol–water partition coefficient (Wildman–Crippen LogP) is 3.30. The molecule has 0 aliphatic rings. The number of aryl methyl sites for hydroxylation is 1. The van der Waals surface area contributed by atoms with Crippen molar-refractivity contribution in [3.05, 3.63) is 59.0 Å². The summed E-state index contributed by atoms with van der Waals surface area (Å²) in [4.78, 5) is 12.3. The number of benzene rings is 1. The van der Waals surface area contributed by atoms with Crippen LogP contribution in [0.3, 0.4) is 0 Å². The normalized spacial score (nSPS) is 12.1. The van der Waals surface area contributed by atoms with E-state index in [2.05, 4.69) is 5.32 Å². The summed E-state index contributed by atoms with van der Waals surface area (Å²) < 4.78 is 5.52. The molecule has 0 aliphatic heterocycles. The standard InChI is InChI=1S/C17H21NO3S/c1-12-3-5-13(6-4-12)15(9-10-19)18-17(20)16-8-7-14(21-16)11-22-2/h3-8,15,19H,9-11H2,1-2H3,(H,18,20). The van der Waals surface area contributed by atoms with Crippen LogP contribution in [0, 0.1) is 6.92 Å². The topological polar surface area (TPSA) is 62.5 Å². The Bertz CT molecular complexity index is 607. The first kappa shape index (κ1) is 16.6. The van der Waals surface area contributed by atoms with Gasteiger partial charge in [0, 0.05) is 6.61 Å². The summed E-state index contributed by atoms with van der Waals surface area (Å²) in [7, 11) is 0. The predicted molar refractivity (Wildman–Crippen MR) is 89.0 cm³/mol. The molecule has 0 saturated heterocycles. The summed E-state index contributed by atoms with van der Waals surface area (Å²) in [5, 5.41) is 12.2. The lowest BCUT2D eigenvalue weighted by atomic mass is 10.0. The second-order valence-corrected chi connectivity index (χ2v) is 6.01. The Morgan fingerprint density at radius 3 is 2.64 bits per heavy atom. The largest absolute Gasteiger partial charge is 0.455 e. The molecule has 1 aromatic heterocycles. The molecule has 4 nitrogen and oxygen atoms in total. The third-order valence-electron chi connectivity index (χ3n) is 3.37. The molecule has 0 spiro atoms. The highest BCUT2D eigenvalue weighted by Crippen LogP contribution is 2.19. The van der Waals surface area contributed by atoms with Crippen LogP contribution in [0.5, 0.6) is 0 Å². The molecule has 118 valence electrons. The lowest BCUT2D eigenvalue weighted by Crippen LogP contribution is -2.29. The number of carbonyl (C=O) groups excluding carboxylic acids is 1. The Morgan fingerprint density at radius 2 is 2.00 bits per heavy atom. The van der Waals surface area contributed by atoms with E-state index in [9.17, 15) is 9.90 Å². The molecule has 1 aromatic carbocycles. The summed E-state index contributed by atoms with van der Waals surface area (Å²) in [5.74, 6) is 1.57. The molecule has 1 amide bonds. The number of nitrogens with one attached hydrogen (secondary N) is 1. The van der Waals surface area contributed by atoms with Gasteiger partial charge in [0.05, 0.1) is 11.8 Å². The molecule has 5 heteroatoms.